The summed E-state index contributed by atoms with van der Waals surface area (Å²) in [6, 6.07) is 15.2. The summed E-state index contributed by atoms with van der Waals surface area (Å²) in [5, 5.41) is 0. The molecule has 4 nitrogen and oxygen atoms in total. The number of benzene rings is 2. The van der Waals surface area contributed by atoms with E-state index in [-0.39, 0.29) is 0 Å². The van der Waals surface area contributed by atoms with Crippen molar-refractivity contribution >= 4 is 16.0 Å². The Bertz CT molecular complexity index is 682. The average molecular weight is 291 g/mol. The molecular formula is C15H17NO3S. The first-order valence-electron chi connectivity index (χ1n) is 6.39. The topological polar surface area (TPSA) is 66.4 Å². The third-order valence-electron chi connectivity index (χ3n) is 3.12. The van der Waals surface area contributed by atoms with Crippen LogP contribution in [0.15, 0.2) is 48.5 Å². The number of hydrogen-bond acceptors (Lipinski definition) is 2. The van der Waals surface area contributed by atoms with Crippen LogP contribution in [0.5, 0.6) is 0 Å². The maximum Gasteiger partial charge on any atom is 0.357 e. The number of nitrogens with one attached hydrogen (secondary N) is 1. The highest BCUT2D eigenvalue weighted by Gasteiger charge is 2.12. The van der Waals surface area contributed by atoms with Crippen molar-refractivity contribution in [2.24, 2.45) is 0 Å². The molecule has 0 radical (unpaired) electrons. The van der Waals surface area contributed by atoms with E-state index in [1.165, 1.54) is 0 Å². The third-order valence-corrected chi connectivity index (χ3v) is 3.59. The first-order valence-corrected chi connectivity index (χ1v) is 7.83. The average Bonchev–Trinajstić information content (AvgIpc) is 2.40. The van der Waals surface area contributed by atoms with Crippen molar-refractivity contribution < 1.29 is 13.0 Å². The fourth-order valence-electron chi connectivity index (χ4n) is 2.21. The first kappa shape index (κ1) is 14.6. The molecule has 0 aliphatic rings. The van der Waals surface area contributed by atoms with Crippen LogP contribution in [0.4, 0.5) is 5.69 Å². The van der Waals surface area contributed by atoms with Crippen molar-refractivity contribution in [1.29, 1.82) is 0 Å². The Morgan fingerprint density at radius 3 is 2.35 bits per heavy atom. The van der Waals surface area contributed by atoms with Crippen LogP contribution in [0.1, 0.15) is 23.6 Å². The van der Waals surface area contributed by atoms with Crippen LogP contribution in [-0.2, 0) is 23.1 Å². The summed E-state index contributed by atoms with van der Waals surface area (Å²) in [6.45, 7) is 2.01. The Hall–Kier alpha value is -1.85. The fraction of sp³-hybridized carbons (Fsp3) is 0.200. The molecule has 0 spiro atoms. The molecule has 0 amide bonds. The summed E-state index contributed by atoms with van der Waals surface area (Å²) in [4.78, 5) is 0. The quantitative estimate of drug-likeness (QED) is 0.832. The van der Waals surface area contributed by atoms with Crippen LogP contribution in [-0.4, -0.2) is 13.0 Å². The van der Waals surface area contributed by atoms with Gasteiger partial charge < -0.3 is 0 Å². The van der Waals surface area contributed by atoms with Gasteiger partial charge in [0.1, 0.15) is 0 Å². The molecule has 0 aliphatic carbocycles. The molecular weight excluding hydrogens is 274 g/mol. The zero-order valence-corrected chi connectivity index (χ0v) is 12.0. The van der Waals surface area contributed by atoms with Gasteiger partial charge in [0.15, 0.2) is 0 Å². The van der Waals surface area contributed by atoms with Crippen molar-refractivity contribution in [3.8, 4) is 0 Å². The van der Waals surface area contributed by atoms with Gasteiger partial charge in [-0.05, 0) is 35.6 Å². The van der Waals surface area contributed by atoms with Gasteiger partial charge >= 0.3 is 10.3 Å². The van der Waals surface area contributed by atoms with E-state index in [1.54, 1.807) is 12.1 Å². The lowest BCUT2D eigenvalue weighted by atomic mass is 9.97. The van der Waals surface area contributed by atoms with Gasteiger partial charge in [0.2, 0.25) is 0 Å². The molecule has 2 aromatic rings. The van der Waals surface area contributed by atoms with E-state index in [2.05, 4.69) is 4.72 Å². The number of rotatable bonds is 5. The Labute approximate surface area is 119 Å². The van der Waals surface area contributed by atoms with Gasteiger partial charge in [0, 0.05) is 0 Å². The van der Waals surface area contributed by atoms with E-state index in [9.17, 15) is 8.42 Å². The molecule has 0 aromatic heterocycles. The molecule has 2 aromatic carbocycles. The molecule has 0 saturated heterocycles. The van der Waals surface area contributed by atoms with E-state index in [0.717, 1.165) is 23.1 Å². The van der Waals surface area contributed by atoms with Crippen LogP contribution in [0.2, 0.25) is 0 Å². The molecule has 0 unspecified atom stereocenters. The summed E-state index contributed by atoms with van der Waals surface area (Å²) >= 11 is 0. The second-order valence-electron chi connectivity index (χ2n) is 4.54. The minimum absolute atomic E-state index is 0.427. The normalized spacial score (nSPS) is 11.3. The Morgan fingerprint density at radius 2 is 1.75 bits per heavy atom. The summed E-state index contributed by atoms with van der Waals surface area (Å²) in [7, 11) is -4.27. The van der Waals surface area contributed by atoms with Crippen molar-refractivity contribution in [3.63, 3.8) is 0 Å². The predicted octanol–water partition coefficient (Wildman–Crippen LogP) is 3.05. The summed E-state index contributed by atoms with van der Waals surface area (Å²) in [5.74, 6) is 0. The maximum absolute atomic E-state index is 11.0. The van der Waals surface area contributed by atoms with Gasteiger partial charge in [-0.25, -0.2) is 0 Å². The second-order valence-corrected chi connectivity index (χ2v) is 5.69. The minimum atomic E-state index is -4.27. The molecule has 0 fully saturated rings. The van der Waals surface area contributed by atoms with Crippen LogP contribution in [0.25, 0.3) is 0 Å². The van der Waals surface area contributed by atoms with Crippen molar-refractivity contribution in [1.82, 2.24) is 0 Å². The SMILES string of the molecule is CCc1cccc(NS(=O)(=O)O)c1Cc1ccccc1. The second kappa shape index (κ2) is 6.07. The zero-order valence-electron chi connectivity index (χ0n) is 11.2. The molecule has 0 heterocycles. The Kier molecular flexibility index (Phi) is 4.42. The lowest BCUT2D eigenvalue weighted by Crippen LogP contribution is -2.13. The molecule has 20 heavy (non-hydrogen) atoms. The van der Waals surface area contributed by atoms with E-state index in [1.807, 2.05) is 43.3 Å². The lowest BCUT2D eigenvalue weighted by molar-refractivity contribution is 0.489. The summed E-state index contributed by atoms with van der Waals surface area (Å²) < 4.78 is 33.3. The molecule has 2 N–H and O–H groups in total. The monoisotopic (exact) mass is 291 g/mol. The van der Waals surface area contributed by atoms with E-state index >= 15 is 0 Å². The summed E-state index contributed by atoms with van der Waals surface area (Å²) in [6.07, 6.45) is 1.41. The van der Waals surface area contributed by atoms with Crippen LogP contribution < -0.4 is 4.72 Å². The van der Waals surface area contributed by atoms with Crippen molar-refractivity contribution in [3.05, 3.63) is 65.2 Å². The Morgan fingerprint density at radius 1 is 1.05 bits per heavy atom. The molecule has 106 valence electrons. The van der Waals surface area contributed by atoms with E-state index < -0.39 is 10.3 Å². The molecule has 0 saturated carbocycles. The third kappa shape index (κ3) is 3.82. The summed E-state index contributed by atoms with van der Waals surface area (Å²) in [5.41, 5.74) is 3.46. The number of hydrogen-bond donors (Lipinski definition) is 2. The predicted molar refractivity (Wildman–Crippen MR) is 80.2 cm³/mol. The molecule has 0 aliphatic heterocycles. The highest BCUT2D eigenvalue weighted by Crippen LogP contribution is 2.24. The van der Waals surface area contributed by atoms with E-state index in [4.69, 9.17) is 4.55 Å². The van der Waals surface area contributed by atoms with Crippen molar-refractivity contribution in [2.75, 3.05) is 4.72 Å². The molecule has 0 bridgehead atoms. The minimum Gasteiger partial charge on any atom is -0.269 e. The lowest BCUT2D eigenvalue weighted by Gasteiger charge is -2.14. The van der Waals surface area contributed by atoms with E-state index in [0.29, 0.717) is 12.1 Å². The molecule has 2 rings (SSSR count). The maximum atomic E-state index is 11.0. The van der Waals surface area contributed by atoms with Gasteiger partial charge in [-0.1, -0.05) is 49.4 Å². The standard InChI is InChI=1S/C15H17NO3S/c1-2-13-9-6-10-15(16-20(17,18)19)14(13)11-12-7-4-3-5-8-12/h3-10,16H,2,11H2,1H3,(H,17,18,19). The number of aryl methyl sites for hydroxylation is 1. The highest BCUT2D eigenvalue weighted by molar-refractivity contribution is 7.87. The zero-order chi connectivity index (χ0) is 14.6. The first-order chi connectivity index (χ1) is 9.49. The van der Waals surface area contributed by atoms with Gasteiger partial charge in [0.05, 0.1) is 5.69 Å². The van der Waals surface area contributed by atoms with Gasteiger partial charge in [-0.2, -0.15) is 8.42 Å². The van der Waals surface area contributed by atoms with Crippen LogP contribution in [0, 0.1) is 0 Å². The highest BCUT2D eigenvalue weighted by atomic mass is 32.2. The van der Waals surface area contributed by atoms with Crippen molar-refractivity contribution in [2.45, 2.75) is 19.8 Å². The van der Waals surface area contributed by atoms with Crippen LogP contribution in [0.3, 0.4) is 0 Å². The largest absolute Gasteiger partial charge is 0.357 e. The smallest absolute Gasteiger partial charge is 0.269 e. The van der Waals surface area contributed by atoms with Gasteiger partial charge in [0.25, 0.3) is 0 Å². The molecule has 5 heteroatoms. The molecule has 0 atom stereocenters. The fourth-order valence-corrected chi connectivity index (χ4v) is 2.68. The Balaban J connectivity index is 2.43. The van der Waals surface area contributed by atoms with Crippen LogP contribution >= 0.6 is 0 Å². The van der Waals surface area contributed by atoms with Gasteiger partial charge in [-0.3, -0.25) is 9.27 Å². The van der Waals surface area contributed by atoms with Gasteiger partial charge in [-0.15, -0.1) is 0 Å². The number of anilines is 1.